The zero-order chi connectivity index (χ0) is 21.7. The maximum absolute atomic E-state index is 12.5. The predicted octanol–water partition coefficient (Wildman–Crippen LogP) is 5.53. The van der Waals surface area contributed by atoms with Gasteiger partial charge in [-0.15, -0.1) is 0 Å². The van der Waals surface area contributed by atoms with E-state index >= 15 is 0 Å². The second-order valence-corrected chi connectivity index (χ2v) is 7.07. The van der Waals surface area contributed by atoms with E-state index in [1.807, 2.05) is 24.3 Å². The maximum Gasteiger partial charge on any atom is 0.337 e. The van der Waals surface area contributed by atoms with Crippen LogP contribution in [0.5, 0.6) is 11.5 Å². The molecule has 0 unspecified atom stereocenters. The number of methoxy groups -OCH3 is 1. The number of rotatable bonds is 7. The summed E-state index contributed by atoms with van der Waals surface area (Å²) >= 11 is 11.9. The van der Waals surface area contributed by atoms with E-state index in [4.69, 9.17) is 32.7 Å². The summed E-state index contributed by atoms with van der Waals surface area (Å²) in [5.74, 6) is -0.720. The molecule has 0 aliphatic carbocycles. The van der Waals surface area contributed by atoms with Crippen LogP contribution in [0.25, 0.3) is 0 Å². The minimum atomic E-state index is -1.21. The van der Waals surface area contributed by atoms with Crippen molar-refractivity contribution in [2.24, 2.45) is 0 Å². The molecule has 3 aromatic carbocycles. The molecule has 0 fully saturated rings. The first kappa shape index (κ1) is 21.5. The molecule has 0 heterocycles. The highest BCUT2D eigenvalue weighted by Gasteiger charge is 2.17. The lowest BCUT2D eigenvalue weighted by molar-refractivity contribution is 0.0697. The lowest BCUT2D eigenvalue weighted by Gasteiger charge is -2.12. The quantitative estimate of drug-likeness (QED) is 0.499. The fraction of sp³-hybridized carbons (Fsp3) is 0.0909. The molecule has 0 aliphatic heterocycles. The smallest absolute Gasteiger partial charge is 0.337 e. The van der Waals surface area contributed by atoms with Crippen molar-refractivity contribution in [3.63, 3.8) is 0 Å². The van der Waals surface area contributed by atoms with E-state index in [0.29, 0.717) is 16.5 Å². The largest absolute Gasteiger partial charge is 0.497 e. The molecule has 30 heavy (non-hydrogen) atoms. The van der Waals surface area contributed by atoms with Gasteiger partial charge >= 0.3 is 5.97 Å². The summed E-state index contributed by atoms with van der Waals surface area (Å²) < 4.78 is 10.9. The molecule has 8 heteroatoms. The first-order chi connectivity index (χ1) is 14.4. The van der Waals surface area contributed by atoms with Crippen LogP contribution in [0, 0.1) is 0 Å². The van der Waals surface area contributed by atoms with Crippen LogP contribution in [-0.2, 0) is 6.61 Å². The highest BCUT2D eigenvalue weighted by Crippen LogP contribution is 2.26. The molecule has 0 saturated heterocycles. The maximum atomic E-state index is 12.5. The molecule has 0 bridgehead atoms. The van der Waals surface area contributed by atoms with Crippen molar-refractivity contribution in [1.82, 2.24) is 0 Å². The number of benzene rings is 3. The van der Waals surface area contributed by atoms with Crippen molar-refractivity contribution < 1.29 is 24.2 Å². The molecule has 154 valence electrons. The number of carboxylic acid groups (broad SMARTS) is 1. The van der Waals surface area contributed by atoms with E-state index in [-0.39, 0.29) is 28.4 Å². The van der Waals surface area contributed by atoms with Crippen molar-refractivity contribution in [1.29, 1.82) is 0 Å². The Morgan fingerprint density at radius 2 is 1.77 bits per heavy atom. The van der Waals surface area contributed by atoms with Crippen LogP contribution in [0.4, 0.5) is 5.69 Å². The van der Waals surface area contributed by atoms with Gasteiger partial charge in [-0.05, 0) is 54.1 Å². The molecule has 0 atom stereocenters. The summed E-state index contributed by atoms with van der Waals surface area (Å²) in [6.45, 7) is 0.225. The Hall–Kier alpha value is -3.22. The van der Waals surface area contributed by atoms with Gasteiger partial charge in [0.05, 0.1) is 28.9 Å². The van der Waals surface area contributed by atoms with Gasteiger partial charge in [-0.1, -0.05) is 35.3 Å². The van der Waals surface area contributed by atoms with Gasteiger partial charge in [-0.2, -0.15) is 0 Å². The standard InChI is InChI=1S/C22H17Cl2NO5/c1-29-15-4-2-3-13(9-15)12-30-16-6-8-20(18(11-16)22(27)28)25-21(26)17-7-5-14(23)10-19(17)24/h2-11H,12H2,1H3,(H,25,26)(H,27,28). The Morgan fingerprint density at radius 3 is 2.47 bits per heavy atom. The zero-order valence-electron chi connectivity index (χ0n) is 15.8. The first-order valence-corrected chi connectivity index (χ1v) is 9.52. The van der Waals surface area contributed by atoms with E-state index in [1.165, 1.54) is 30.3 Å². The number of hydrogen-bond donors (Lipinski definition) is 2. The second kappa shape index (κ2) is 9.52. The van der Waals surface area contributed by atoms with E-state index in [9.17, 15) is 14.7 Å². The molecule has 3 rings (SSSR count). The van der Waals surface area contributed by atoms with Crippen LogP contribution in [0.3, 0.4) is 0 Å². The van der Waals surface area contributed by atoms with E-state index in [1.54, 1.807) is 13.2 Å². The van der Waals surface area contributed by atoms with Crippen molar-refractivity contribution in [2.45, 2.75) is 6.61 Å². The summed E-state index contributed by atoms with van der Waals surface area (Å²) in [7, 11) is 1.57. The molecular formula is C22H17Cl2NO5. The molecule has 0 aromatic heterocycles. The molecule has 0 saturated carbocycles. The number of ether oxygens (including phenoxy) is 2. The molecule has 2 N–H and O–H groups in total. The third-order valence-corrected chi connectivity index (χ3v) is 4.73. The van der Waals surface area contributed by atoms with Gasteiger partial charge in [0.15, 0.2) is 0 Å². The van der Waals surface area contributed by atoms with Crippen molar-refractivity contribution >= 4 is 40.8 Å². The number of aromatic carboxylic acids is 1. The highest BCUT2D eigenvalue weighted by molar-refractivity contribution is 6.37. The number of nitrogens with one attached hydrogen (secondary N) is 1. The Balaban J connectivity index is 1.77. The van der Waals surface area contributed by atoms with Crippen molar-refractivity contribution in [2.75, 3.05) is 12.4 Å². The fourth-order valence-electron chi connectivity index (χ4n) is 2.69. The number of carboxylic acids is 1. The van der Waals surface area contributed by atoms with E-state index in [2.05, 4.69) is 5.32 Å². The Bertz CT molecular complexity index is 1100. The molecule has 0 spiro atoms. The number of carbonyl (C=O) groups excluding carboxylic acids is 1. The van der Waals surface area contributed by atoms with Crippen LogP contribution in [0.2, 0.25) is 10.0 Å². The summed E-state index contributed by atoms with van der Waals surface area (Å²) in [5.41, 5.74) is 1.04. The minimum Gasteiger partial charge on any atom is -0.497 e. The molecular weight excluding hydrogens is 429 g/mol. The lowest BCUT2D eigenvalue weighted by Crippen LogP contribution is -2.15. The summed E-state index contributed by atoms with van der Waals surface area (Å²) in [6, 6.07) is 16.2. The topological polar surface area (TPSA) is 84.9 Å². The van der Waals surface area contributed by atoms with Gasteiger partial charge in [0.1, 0.15) is 18.1 Å². The minimum absolute atomic E-state index is 0.114. The summed E-state index contributed by atoms with van der Waals surface area (Å²) in [4.78, 5) is 24.2. The zero-order valence-corrected chi connectivity index (χ0v) is 17.3. The van der Waals surface area contributed by atoms with Crippen LogP contribution in [0.1, 0.15) is 26.3 Å². The van der Waals surface area contributed by atoms with Crippen molar-refractivity contribution in [3.8, 4) is 11.5 Å². The normalized spacial score (nSPS) is 10.4. The molecule has 3 aromatic rings. The Kier molecular flexibility index (Phi) is 6.82. The summed E-state index contributed by atoms with van der Waals surface area (Å²) in [5, 5.41) is 12.7. The number of carbonyl (C=O) groups is 2. The SMILES string of the molecule is COc1cccc(COc2ccc(NC(=O)c3ccc(Cl)cc3Cl)c(C(=O)O)c2)c1. The summed E-state index contributed by atoms with van der Waals surface area (Å²) in [6.07, 6.45) is 0. The van der Waals surface area contributed by atoms with Gasteiger partial charge in [0.2, 0.25) is 0 Å². The van der Waals surface area contributed by atoms with Crippen LogP contribution in [-0.4, -0.2) is 24.1 Å². The first-order valence-electron chi connectivity index (χ1n) is 8.77. The monoisotopic (exact) mass is 445 g/mol. The molecule has 0 aliphatic rings. The lowest BCUT2D eigenvalue weighted by atomic mass is 10.1. The van der Waals surface area contributed by atoms with E-state index < -0.39 is 11.9 Å². The number of hydrogen-bond acceptors (Lipinski definition) is 4. The van der Waals surface area contributed by atoms with Gasteiger partial charge < -0.3 is 19.9 Å². The van der Waals surface area contributed by atoms with Crippen molar-refractivity contribution in [3.05, 3.63) is 87.4 Å². The third kappa shape index (κ3) is 5.23. The van der Waals surface area contributed by atoms with Crippen LogP contribution < -0.4 is 14.8 Å². The predicted molar refractivity (Wildman–Crippen MR) is 115 cm³/mol. The van der Waals surface area contributed by atoms with E-state index in [0.717, 1.165) is 5.56 Å². The van der Waals surface area contributed by atoms with Crippen LogP contribution >= 0.6 is 23.2 Å². The molecule has 0 radical (unpaired) electrons. The Morgan fingerprint density at radius 1 is 0.967 bits per heavy atom. The average molecular weight is 446 g/mol. The molecule has 6 nitrogen and oxygen atoms in total. The highest BCUT2D eigenvalue weighted by atomic mass is 35.5. The number of anilines is 1. The van der Waals surface area contributed by atoms with Gasteiger partial charge in [0, 0.05) is 5.02 Å². The van der Waals surface area contributed by atoms with Gasteiger partial charge in [-0.25, -0.2) is 4.79 Å². The third-order valence-electron chi connectivity index (χ3n) is 4.19. The van der Waals surface area contributed by atoms with Gasteiger partial charge in [-0.3, -0.25) is 4.79 Å². The van der Waals surface area contributed by atoms with Crippen LogP contribution in [0.15, 0.2) is 60.7 Å². The number of halogens is 2. The second-order valence-electron chi connectivity index (χ2n) is 6.23. The Labute approximate surface area is 183 Å². The number of amides is 1. The van der Waals surface area contributed by atoms with Gasteiger partial charge in [0.25, 0.3) is 5.91 Å². The average Bonchev–Trinajstić information content (AvgIpc) is 2.72. The molecule has 1 amide bonds. The fourth-order valence-corrected chi connectivity index (χ4v) is 3.19.